The molecular weight excluding hydrogens is 661 g/mol. The highest BCUT2D eigenvalue weighted by atomic mass is 79.9. The number of alkyl halides is 6. The van der Waals surface area contributed by atoms with Gasteiger partial charge in [0, 0.05) is 22.1 Å². The molecule has 1 heterocycles. The lowest BCUT2D eigenvalue weighted by Crippen LogP contribution is -2.53. The fourth-order valence-corrected chi connectivity index (χ4v) is 5.34. The minimum atomic E-state index is -4.72. The van der Waals surface area contributed by atoms with Crippen LogP contribution in [-0.4, -0.2) is 41.8 Å². The lowest BCUT2D eigenvalue weighted by Gasteiger charge is -2.36. The number of nitrogens with one attached hydrogen (secondary N) is 1. The standard InChI is InChI=1S/C25H20BrCl3F6N2O2/c26-16-5-3-4-15(23(39)36-19-6-1-2-9-37(19)20(38)12-25(33,34)35)21(16)14(7-8-24(30,31)32)13-10-17(27)22(29)18(28)11-13/h3-5,7,10-11,19H,1-2,6,8-9,12H2,(H,36,39)/b14-7+. The molecule has 0 saturated carbocycles. The van der Waals surface area contributed by atoms with Crippen LogP contribution in [0.5, 0.6) is 0 Å². The van der Waals surface area contributed by atoms with Crippen LogP contribution in [0.2, 0.25) is 15.1 Å². The van der Waals surface area contributed by atoms with Crippen molar-refractivity contribution in [2.45, 2.75) is 50.6 Å². The summed E-state index contributed by atoms with van der Waals surface area (Å²) in [6.07, 6.45) is -11.3. The molecule has 14 heteroatoms. The molecule has 0 aliphatic carbocycles. The van der Waals surface area contributed by atoms with Gasteiger partial charge in [-0.1, -0.05) is 62.9 Å². The van der Waals surface area contributed by atoms with Crippen LogP contribution >= 0.6 is 50.7 Å². The third-order valence-corrected chi connectivity index (χ3v) is 7.69. The number of carbonyl (C=O) groups is 2. The molecule has 1 saturated heterocycles. The van der Waals surface area contributed by atoms with Crippen molar-refractivity contribution in [3.05, 3.63) is 72.6 Å². The van der Waals surface area contributed by atoms with Gasteiger partial charge in [-0.2, -0.15) is 26.3 Å². The number of halogens is 10. The van der Waals surface area contributed by atoms with Gasteiger partial charge in [0.05, 0.1) is 21.5 Å². The van der Waals surface area contributed by atoms with E-state index in [1.807, 2.05) is 0 Å². The summed E-state index contributed by atoms with van der Waals surface area (Å²) in [6, 6.07) is 6.93. The van der Waals surface area contributed by atoms with E-state index < -0.39 is 43.2 Å². The molecule has 1 aliphatic rings. The van der Waals surface area contributed by atoms with Crippen LogP contribution in [0.25, 0.3) is 5.57 Å². The Morgan fingerprint density at radius 1 is 1.03 bits per heavy atom. The van der Waals surface area contributed by atoms with Crippen LogP contribution in [0, 0.1) is 0 Å². The number of allylic oxidation sites excluding steroid dienone is 1. The van der Waals surface area contributed by atoms with Crippen molar-refractivity contribution in [1.82, 2.24) is 10.2 Å². The Kier molecular flexibility index (Phi) is 10.3. The maximum atomic E-state index is 13.4. The topological polar surface area (TPSA) is 49.4 Å². The lowest BCUT2D eigenvalue weighted by atomic mass is 9.92. The Hall–Kier alpha value is -1.95. The smallest absolute Gasteiger partial charge is 0.332 e. The predicted molar refractivity (Wildman–Crippen MR) is 141 cm³/mol. The van der Waals surface area contributed by atoms with Gasteiger partial charge in [-0.05, 0) is 54.7 Å². The molecular formula is C25H20BrCl3F6N2O2. The highest BCUT2D eigenvalue weighted by molar-refractivity contribution is 9.10. The molecule has 0 aromatic heterocycles. The number of rotatable bonds is 6. The van der Waals surface area contributed by atoms with E-state index in [0.717, 1.165) is 11.0 Å². The highest BCUT2D eigenvalue weighted by Crippen LogP contribution is 2.39. The van der Waals surface area contributed by atoms with E-state index in [-0.39, 0.29) is 54.8 Å². The molecule has 1 unspecified atom stereocenters. The van der Waals surface area contributed by atoms with E-state index in [0.29, 0.717) is 12.8 Å². The molecule has 0 spiro atoms. The van der Waals surface area contributed by atoms with Crippen LogP contribution in [0.4, 0.5) is 26.3 Å². The molecule has 1 aliphatic heterocycles. The van der Waals surface area contributed by atoms with Crippen molar-refractivity contribution in [2.75, 3.05) is 6.54 Å². The number of likely N-dealkylation sites (tertiary alicyclic amines) is 1. The maximum Gasteiger partial charge on any atom is 0.397 e. The van der Waals surface area contributed by atoms with E-state index in [1.165, 1.54) is 30.3 Å². The van der Waals surface area contributed by atoms with Crippen LogP contribution in [0.3, 0.4) is 0 Å². The zero-order valence-electron chi connectivity index (χ0n) is 19.8. The Morgan fingerprint density at radius 2 is 1.67 bits per heavy atom. The summed E-state index contributed by atoms with van der Waals surface area (Å²) in [5, 5.41) is 2.51. The summed E-state index contributed by atoms with van der Waals surface area (Å²) in [6.45, 7) is 0.0176. The molecule has 4 nitrogen and oxygen atoms in total. The molecule has 2 aromatic carbocycles. The Bertz CT molecular complexity index is 1260. The second-order valence-electron chi connectivity index (χ2n) is 8.72. The summed E-state index contributed by atoms with van der Waals surface area (Å²) >= 11 is 21.6. The van der Waals surface area contributed by atoms with Gasteiger partial charge in [-0.15, -0.1) is 0 Å². The van der Waals surface area contributed by atoms with Gasteiger partial charge in [0.15, 0.2) is 0 Å². The van der Waals surface area contributed by atoms with Gasteiger partial charge in [0.1, 0.15) is 12.6 Å². The lowest BCUT2D eigenvalue weighted by molar-refractivity contribution is -0.164. The number of hydrogen-bond acceptors (Lipinski definition) is 2. The van der Waals surface area contributed by atoms with Crippen molar-refractivity contribution in [3.8, 4) is 0 Å². The largest absolute Gasteiger partial charge is 0.397 e. The Morgan fingerprint density at radius 3 is 2.26 bits per heavy atom. The molecule has 0 bridgehead atoms. The minimum absolute atomic E-state index is 0.0109. The first-order valence-electron chi connectivity index (χ1n) is 11.4. The molecule has 212 valence electrons. The first-order valence-corrected chi connectivity index (χ1v) is 13.4. The zero-order valence-corrected chi connectivity index (χ0v) is 23.7. The van der Waals surface area contributed by atoms with Gasteiger partial charge >= 0.3 is 12.4 Å². The monoisotopic (exact) mass is 678 g/mol. The van der Waals surface area contributed by atoms with Gasteiger partial charge < -0.3 is 10.2 Å². The Balaban J connectivity index is 2.05. The number of hydrogen-bond donors (Lipinski definition) is 1. The molecule has 2 aromatic rings. The molecule has 1 N–H and O–H groups in total. The van der Waals surface area contributed by atoms with Crippen molar-refractivity contribution in [3.63, 3.8) is 0 Å². The number of carbonyl (C=O) groups excluding carboxylic acids is 2. The fraction of sp³-hybridized carbons (Fsp3) is 0.360. The van der Waals surface area contributed by atoms with Crippen LogP contribution in [-0.2, 0) is 4.79 Å². The van der Waals surface area contributed by atoms with Gasteiger partial charge in [0.2, 0.25) is 5.91 Å². The highest BCUT2D eigenvalue weighted by Gasteiger charge is 2.37. The third-order valence-electron chi connectivity index (χ3n) is 5.83. The zero-order chi connectivity index (χ0) is 29.1. The van der Waals surface area contributed by atoms with E-state index in [1.54, 1.807) is 0 Å². The van der Waals surface area contributed by atoms with Gasteiger partial charge in [0.25, 0.3) is 5.91 Å². The molecule has 1 fully saturated rings. The number of nitrogens with zero attached hydrogens (tertiary/aromatic N) is 1. The third kappa shape index (κ3) is 8.52. The summed E-state index contributed by atoms with van der Waals surface area (Å²) in [5.41, 5.74) is 0.0600. The summed E-state index contributed by atoms with van der Waals surface area (Å²) < 4.78 is 78.5. The predicted octanol–water partition coefficient (Wildman–Crippen LogP) is 8.81. The average molecular weight is 681 g/mol. The van der Waals surface area contributed by atoms with E-state index >= 15 is 0 Å². The normalized spacial score (nSPS) is 16.8. The van der Waals surface area contributed by atoms with Crippen LogP contribution < -0.4 is 5.32 Å². The fourth-order valence-electron chi connectivity index (χ4n) is 4.16. The number of benzene rings is 2. The molecule has 39 heavy (non-hydrogen) atoms. The molecule has 0 radical (unpaired) electrons. The number of amides is 2. The van der Waals surface area contributed by atoms with E-state index in [2.05, 4.69) is 21.2 Å². The maximum absolute atomic E-state index is 13.4. The second kappa shape index (κ2) is 12.7. The van der Waals surface area contributed by atoms with Gasteiger partial charge in [-0.3, -0.25) is 9.59 Å². The molecule has 3 rings (SSSR count). The minimum Gasteiger partial charge on any atom is -0.332 e. The molecule has 1 atom stereocenters. The Labute approximate surface area is 243 Å². The van der Waals surface area contributed by atoms with Crippen molar-refractivity contribution in [1.29, 1.82) is 0 Å². The van der Waals surface area contributed by atoms with Crippen molar-refractivity contribution in [2.24, 2.45) is 0 Å². The summed E-state index contributed by atoms with van der Waals surface area (Å²) in [7, 11) is 0. The van der Waals surface area contributed by atoms with Crippen molar-refractivity contribution >= 4 is 68.1 Å². The second-order valence-corrected chi connectivity index (χ2v) is 10.8. The van der Waals surface area contributed by atoms with Crippen LogP contribution in [0.1, 0.15) is 53.6 Å². The average Bonchev–Trinajstić information content (AvgIpc) is 2.81. The quantitative estimate of drug-likeness (QED) is 0.245. The van der Waals surface area contributed by atoms with Crippen molar-refractivity contribution < 1.29 is 35.9 Å². The van der Waals surface area contributed by atoms with E-state index in [4.69, 9.17) is 34.8 Å². The summed E-state index contributed by atoms with van der Waals surface area (Å²) in [4.78, 5) is 26.7. The SMILES string of the molecule is O=C(NC1CCCCN1C(=O)CC(F)(F)F)c1cccc(Br)c1/C(=C/CC(F)(F)F)c1cc(Cl)c(Cl)c(Cl)c1. The van der Waals surface area contributed by atoms with E-state index in [9.17, 15) is 35.9 Å². The first-order chi connectivity index (χ1) is 18.1. The first kappa shape index (κ1) is 31.6. The summed E-state index contributed by atoms with van der Waals surface area (Å²) in [5.74, 6) is -1.98. The number of piperidine rings is 1. The molecule has 2 amide bonds. The van der Waals surface area contributed by atoms with Crippen LogP contribution in [0.15, 0.2) is 40.9 Å². The van der Waals surface area contributed by atoms with Gasteiger partial charge in [-0.25, -0.2) is 0 Å².